The number of para-hydroxylation sites is 1. The molecule has 1 aliphatic heterocycles. The molecule has 5 heteroatoms. The molecule has 0 spiro atoms. The summed E-state index contributed by atoms with van der Waals surface area (Å²) in [4.78, 5) is 18.8. The van der Waals surface area contributed by atoms with Gasteiger partial charge in [0.2, 0.25) is 5.91 Å². The molecule has 0 bridgehead atoms. The molecule has 0 aliphatic carbocycles. The maximum absolute atomic E-state index is 12.9. The minimum atomic E-state index is 0.0290. The summed E-state index contributed by atoms with van der Waals surface area (Å²) in [7, 11) is 0. The predicted molar refractivity (Wildman–Crippen MR) is 125 cm³/mol. The van der Waals surface area contributed by atoms with Crippen molar-refractivity contribution in [1.29, 1.82) is 0 Å². The molecule has 1 aliphatic rings. The van der Waals surface area contributed by atoms with E-state index in [0.717, 1.165) is 45.7 Å². The van der Waals surface area contributed by atoms with Crippen LogP contribution in [0.4, 0.5) is 0 Å². The number of ether oxygens (including phenoxy) is 1. The van der Waals surface area contributed by atoms with Crippen LogP contribution in [-0.2, 0) is 16.0 Å². The zero-order chi connectivity index (χ0) is 21.5. The van der Waals surface area contributed by atoms with Crippen molar-refractivity contribution < 1.29 is 9.53 Å². The lowest BCUT2D eigenvalue weighted by atomic mass is 9.87. The van der Waals surface area contributed by atoms with Crippen molar-refractivity contribution in [2.45, 2.75) is 32.1 Å². The van der Waals surface area contributed by atoms with Gasteiger partial charge in [0, 0.05) is 49.1 Å². The van der Waals surface area contributed by atoms with Crippen LogP contribution >= 0.6 is 0 Å². The van der Waals surface area contributed by atoms with Crippen LogP contribution in [0.1, 0.15) is 42.4 Å². The first-order valence-electron chi connectivity index (χ1n) is 11.5. The number of carbonyl (C=O) groups excluding carboxylic acids is 1. The number of aryl methyl sites for hydroxylation is 1. The first-order valence-corrected chi connectivity index (χ1v) is 11.5. The number of benzene rings is 2. The van der Waals surface area contributed by atoms with Gasteiger partial charge in [0.15, 0.2) is 0 Å². The number of hydrogen-bond donors (Lipinski definition) is 2. The second-order valence-electron chi connectivity index (χ2n) is 8.26. The summed E-state index contributed by atoms with van der Waals surface area (Å²) >= 11 is 0. The highest BCUT2D eigenvalue weighted by Gasteiger charge is 2.22. The Morgan fingerprint density at radius 2 is 1.94 bits per heavy atom. The van der Waals surface area contributed by atoms with Crippen molar-refractivity contribution in [2.75, 3.05) is 39.4 Å². The lowest BCUT2D eigenvalue weighted by molar-refractivity contribution is -0.121. The number of hydrogen-bond acceptors (Lipinski definition) is 3. The van der Waals surface area contributed by atoms with E-state index in [4.69, 9.17) is 4.74 Å². The summed E-state index contributed by atoms with van der Waals surface area (Å²) in [5, 5.41) is 4.36. The highest BCUT2D eigenvalue weighted by Crippen LogP contribution is 2.34. The lowest BCUT2D eigenvalue weighted by Gasteiger charge is -2.26. The number of nitrogens with one attached hydrogen (secondary N) is 2. The predicted octanol–water partition coefficient (Wildman–Crippen LogP) is 4.09. The van der Waals surface area contributed by atoms with E-state index in [1.54, 1.807) is 0 Å². The maximum atomic E-state index is 12.9. The molecule has 1 aromatic heterocycles. The van der Waals surface area contributed by atoms with Gasteiger partial charge < -0.3 is 15.0 Å². The quantitative estimate of drug-likeness (QED) is 0.514. The van der Waals surface area contributed by atoms with Gasteiger partial charge in [0.05, 0.1) is 13.2 Å². The number of rotatable bonds is 9. The zero-order valence-electron chi connectivity index (χ0n) is 18.4. The molecule has 5 nitrogen and oxygen atoms in total. The fourth-order valence-corrected chi connectivity index (χ4v) is 4.53. The number of morpholine rings is 1. The van der Waals surface area contributed by atoms with Crippen molar-refractivity contribution in [1.82, 2.24) is 15.2 Å². The Balaban J connectivity index is 1.44. The van der Waals surface area contributed by atoms with Gasteiger partial charge in [-0.1, -0.05) is 55.5 Å². The smallest absolute Gasteiger partial charge is 0.220 e. The molecule has 4 rings (SSSR count). The van der Waals surface area contributed by atoms with Gasteiger partial charge >= 0.3 is 0 Å². The van der Waals surface area contributed by atoms with Gasteiger partial charge in [0.25, 0.3) is 0 Å². The van der Waals surface area contributed by atoms with Crippen molar-refractivity contribution in [3.63, 3.8) is 0 Å². The Morgan fingerprint density at radius 3 is 2.71 bits per heavy atom. The topological polar surface area (TPSA) is 57.4 Å². The number of amides is 1. The molecular formula is C26H33N3O2. The molecule has 2 heterocycles. The highest BCUT2D eigenvalue weighted by molar-refractivity contribution is 5.88. The fourth-order valence-electron chi connectivity index (χ4n) is 4.53. The van der Waals surface area contributed by atoms with Gasteiger partial charge in [0.1, 0.15) is 0 Å². The van der Waals surface area contributed by atoms with Crippen molar-refractivity contribution in [3.05, 3.63) is 71.4 Å². The van der Waals surface area contributed by atoms with E-state index in [-0.39, 0.29) is 11.8 Å². The van der Waals surface area contributed by atoms with Crippen molar-refractivity contribution in [3.8, 4) is 0 Å². The SMILES string of the molecule is CCc1cccc2c(C(CC(=O)NCCCN3CCOCC3)c3ccccc3)c[nH]c12. The minimum Gasteiger partial charge on any atom is -0.379 e. The van der Waals surface area contributed by atoms with E-state index in [9.17, 15) is 4.79 Å². The van der Waals surface area contributed by atoms with Crippen LogP contribution in [0.3, 0.4) is 0 Å². The van der Waals surface area contributed by atoms with Crippen LogP contribution in [0.5, 0.6) is 0 Å². The van der Waals surface area contributed by atoms with E-state index in [1.807, 2.05) is 6.07 Å². The fraction of sp³-hybridized carbons (Fsp3) is 0.423. The van der Waals surface area contributed by atoms with Crippen LogP contribution in [0.2, 0.25) is 0 Å². The highest BCUT2D eigenvalue weighted by atomic mass is 16.5. The van der Waals surface area contributed by atoms with Crippen LogP contribution in [0.25, 0.3) is 10.9 Å². The summed E-state index contributed by atoms with van der Waals surface area (Å²) < 4.78 is 5.40. The summed E-state index contributed by atoms with van der Waals surface area (Å²) in [6.45, 7) is 7.51. The molecule has 1 amide bonds. The van der Waals surface area contributed by atoms with Crippen molar-refractivity contribution in [2.24, 2.45) is 0 Å². The largest absolute Gasteiger partial charge is 0.379 e. The molecule has 1 fully saturated rings. The second-order valence-corrected chi connectivity index (χ2v) is 8.26. The number of carbonyl (C=O) groups is 1. The number of fused-ring (bicyclic) bond motifs is 1. The Morgan fingerprint density at radius 1 is 1.13 bits per heavy atom. The van der Waals surface area contributed by atoms with Crippen LogP contribution in [0, 0.1) is 0 Å². The lowest BCUT2D eigenvalue weighted by Crippen LogP contribution is -2.38. The Bertz CT molecular complexity index is 977. The molecule has 31 heavy (non-hydrogen) atoms. The third-order valence-electron chi connectivity index (χ3n) is 6.26. The number of H-pyrrole nitrogens is 1. The van der Waals surface area contributed by atoms with E-state index in [2.05, 4.69) is 70.8 Å². The second kappa shape index (κ2) is 10.6. The maximum Gasteiger partial charge on any atom is 0.220 e. The van der Waals surface area contributed by atoms with E-state index < -0.39 is 0 Å². The summed E-state index contributed by atoms with van der Waals surface area (Å²) in [6.07, 6.45) is 4.49. The van der Waals surface area contributed by atoms with E-state index in [0.29, 0.717) is 13.0 Å². The van der Waals surface area contributed by atoms with Crippen LogP contribution in [-0.4, -0.2) is 55.2 Å². The molecule has 2 aromatic carbocycles. The Hall–Kier alpha value is -2.63. The Labute approximate surface area is 184 Å². The molecular weight excluding hydrogens is 386 g/mol. The van der Waals surface area contributed by atoms with Gasteiger partial charge in [-0.3, -0.25) is 9.69 Å². The standard InChI is InChI=1S/C26H33N3O2/c1-2-20-10-6-11-22-24(19-28-26(20)22)23(21-8-4-3-5-9-21)18-25(30)27-12-7-13-29-14-16-31-17-15-29/h3-6,8-11,19,23,28H,2,7,12-18H2,1H3,(H,27,30). The monoisotopic (exact) mass is 419 g/mol. The number of nitrogens with zero attached hydrogens (tertiary/aromatic N) is 1. The number of aromatic amines is 1. The molecule has 164 valence electrons. The van der Waals surface area contributed by atoms with Crippen LogP contribution in [0.15, 0.2) is 54.7 Å². The van der Waals surface area contributed by atoms with Crippen LogP contribution < -0.4 is 5.32 Å². The molecule has 0 radical (unpaired) electrons. The summed E-state index contributed by atoms with van der Waals surface area (Å²) in [5.41, 5.74) is 4.86. The number of aromatic nitrogens is 1. The van der Waals surface area contributed by atoms with Gasteiger partial charge in [-0.15, -0.1) is 0 Å². The molecule has 1 atom stereocenters. The molecule has 2 N–H and O–H groups in total. The molecule has 0 saturated carbocycles. The normalized spacial score (nSPS) is 15.8. The minimum absolute atomic E-state index is 0.0290. The third-order valence-corrected chi connectivity index (χ3v) is 6.26. The zero-order valence-corrected chi connectivity index (χ0v) is 18.4. The third kappa shape index (κ3) is 5.35. The van der Waals surface area contributed by atoms with Gasteiger partial charge in [-0.25, -0.2) is 0 Å². The van der Waals surface area contributed by atoms with E-state index in [1.165, 1.54) is 27.6 Å². The van der Waals surface area contributed by atoms with Gasteiger partial charge in [-0.2, -0.15) is 0 Å². The average Bonchev–Trinajstić information content (AvgIpc) is 3.25. The average molecular weight is 420 g/mol. The summed E-state index contributed by atoms with van der Waals surface area (Å²) in [5.74, 6) is 0.137. The molecule has 1 saturated heterocycles. The van der Waals surface area contributed by atoms with Crippen molar-refractivity contribution >= 4 is 16.8 Å². The molecule has 3 aromatic rings. The molecule has 1 unspecified atom stereocenters. The van der Waals surface area contributed by atoms with E-state index >= 15 is 0 Å². The first kappa shape index (κ1) is 21.6. The summed E-state index contributed by atoms with van der Waals surface area (Å²) in [6, 6.07) is 16.8. The Kier molecular flexibility index (Phi) is 7.39. The van der Waals surface area contributed by atoms with Gasteiger partial charge in [-0.05, 0) is 36.1 Å². The first-order chi connectivity index (χ1) is 15.3.